The Kier molecular flexibility index (Phi) is 4.45. The Morgan fingerprint density at radius 1 is 1.32 bits per heavy atom. The number of likely N-dealkylation sites (N-methyl/N-ethyl adjacent to an activating group) is 1. The number of ether oxygens (including phenoxy) is 1. The monoisotopic (exact) mass is 301 g/mol. The number of rotatable bonds is 3. The minimum absolute atomic E-state index is 0.107. The standard InChI is InChI=1S/C17H23N3O2/c1-19-6-7-20(11-15(10-19)17(18)21)9-13-8-14-4-2-3-5-16(14)22-12-13/h2-5,8,15H,6-7,9-12H2,1H3,(H2,18,21). The molecule has 0 aliphatic carbocycles. The maximum atomic E-state index is 11.6. The van der Waals surface area contributed by atoms with Crippen molar-refractivity contribution in [2.45, 2.75) is 0 Å². The van der Waals surface area contributed by atoms with Crippen LogP contribution in [0.1, 0.15) is 5.56 Å². The predicted molar refractivity (Wildman–Crippen MR) is 86.5 cm³/mol. The zero-order chi connectivity index (χ0) is 15.5. The highest BCUT2D eigenvalue weighted by atomic mass is 16.5. The Morgan fingerprint density at radius 3 is 2.95 bits per heavy atom. The summed E-state index contributed by atoms with van der Waals surface area (Å²) in [6, 6.07) is 8.06. The highest BCUT2D eigenvalue weighted by Crippen LogP contribution is 2.26. The fourth-order valence-electron chi connectivity index (χ4n) is 3.11. The van der Waals surface area contributed by atoms with Crippen molar-refractivity contribution in [3.05, 3.63) is 35.4 Å². The number of carbonyl (C=O) groups is 1. The van der Waals surface area contributed by atoms with Crippen LogP contribution in [0.4, 0.5) is 0 Å². The molecule has 0 bridgehead atoms. The Bertz CT molecular complexity index is 585. The molecule has 0 aromatic heterocycles. The van der Waals surface area contributed by atoms with Gasteiger partial charge in [-0.25, -0.2) is 0 Å². The molecular formula is C17H23N3O2. The van der Waals surface area contributed by atoms with E-state index in [1.54, 1.807) is 0 Å². The molecule has 0 radical (unpaired) electrons. The minimum atomic E-state index is -0.210. The molecule has 5 nitrogen and oxygen atoms in total. The average Bonchev–Trinajstić information content (AvgIpc) is 2.69. The SMILES string of the molecule is CN1CCN(CC2=Cc3ccccc3OC2)CC(C(N)=O)C1. The van der Waals surface area contributed by atoms with Gasteiger partial charge in [0, 0.05) is 38.3 Å². The van der Waals surface area contributed by atoms with Gasteiger partial charge in [0.25, 0.3) is 0 Å². The molecule has 1 fully saturated rings. The van der Waals surface area contributed by atoms with Gasteiger partial charge in [-0.3, -0.25) is 9.69 Å². The van der Waals surface area contributed by atoms with Gasteiger partial charge in [0.1, 0.15) is 12.4 Å². The Hall–Kier alpha value is -1.85. The molecule has 0 saturated carbocycles. The van der Waals surface area contributed by atoms with Crippen LogP contribution in [0, 0.1) is 5.92 Å². The third-order valence-electron chi connectivity index (χ3n) is 4.33. The predicted octanol–water partition coefficient (Wildman–Crippen LogP) is 0.811. The number of fused-ring (bicyclic) bond motifs is 1. The summed E-state index contributed by atoms with van der Waals surface area (Å²) in [6.45, 7) is 4.80. The molecule has 2 N–H and O–H groups in total. The lowest BCUT2D eigenvalue weighted by Gasteiger charge is -2.26. The van der Waals surface area contributed by atoms with Crippen molar-refractivity contribution >= 4 is 12.0 Å². The van der Waals surface area contributed by atoms with Crippen LogP contribution in [-0.4, -0.2) is 62.1 Å². The summed E-state index contributed by atoms with van der Waals surface area (Å²) in [6.07, 6.45) is 2.20. The molecule has 1 unspecified atom stereocenters. The summed E-state index contributed by atoms with van der Waals surface area (Å²) >= 11 is 0. The smallest absolute Gasteiger partial charge is 0.223 e. The summed E-state index contributed by atoms with van der Waals surface area (Å²) in [7, 11) is 2.04. The van der Waals surface area contributed by atoms with Crippen molar-refractivity contribution in [1.29, 1.82) is 0 Å². The first kappa shape index (κ1) is 15.1. The lowest BCUT2D eigenvalue weighted by atomic mass is 10.1. The van der Waals surface area contributed by atoms with Crippen molar-refractivity contribution in [3.63, 3.8) is 0 Å². The fourth-order valence-corrected chi connectivity index (χ4v) is 3.11. The number of para-hydroxylation sites is 1. The van der Waals surface area contributed by atoms with Crippen molar-refractivity contribution in [1.82, 2.24) is 9.80 Å². The van der Waals surface area contributed by atoms with Crippen LogP contribution in [0.25, 0.3) is 6.08 Å². The molecule has 3 rings (SSSR count). The van der Waals surface area contributed by atoms with Crippen LogP contribution >= 0.6 is 0 Å². The molecule has 1 amide bonds. The first-order valence-corrected chi connectivity index (χ1v) is 7.73. The molecule has 2 aliphatic rings. The molecule has 1 atom stereocenters. The van der Waals surface area contributed by atoms with Gasteiger partial charge in [0.2, 0.25) is 5.91 Å². The van der Waals surface area contributed by atoms with E-state index in [-0.39, 0.29) is 11.8 Å². The maximum Gasteiger partial charge on any atom is 0.223 e. The van der Waals surface area contributed by atoms with Crippen LogP contribution in [0.15, 0.2) is 29.8 Å². The number of amides is 1. The molecular weight excluding hydrogens is 278 g/mol. The van der Waals surface area contributed by atoms with Crippen LogP contribution < -0.4 is 10.5 Å². The summed E-state index contributed by atoms with van der Waals surface area (Å²) in [5, 5.41) is 0. The molecule has 118 valence electrons. The zero-order valence-electron chi connectivity index (χ0n) is 13.0. The van der Waals surface area contributed by atoms with E-state index in [1.165, 1.54) is 5.57 Å². The van der Waals surface area contributed by atoms with E-state index in [4.69, 9.17) is 10.5 Å². The van der Waals surface area contributed by atoms with Crippen molar-refractivity contribution < 1.29 is 9.53 Å². The molecule has 1 aromatic rings. The van der Waals surface area contributed by atoms with Crippen LogP contribution in [0.5, 0.6) is 5.75 Å². The highest BCUT2D eigenvalue weighted by Gasteiger charge is 2.25. The summed E-state index contributed by atoms with van der Waals surface area (Å²) in [5.74, 6) is 0.625. The van der Waals surface area contributed by atoms with Crippen molar-refractivity contribution in [2.24, 2.45) is 11.7 Å². The number of nitrogens with zero attached hydrogens (tertiary/aromatic N) is 2. The Morgan fingerprint density at radius 2 is 2.14 bits per heavy atom. The second kappa shape index (κ2) is 6.50. The molecule has 22 heavy (non-hydrogen) atoms. The lowest BCUT2D eigenvalue weighted by Crippen LogP contribution is -2.38. The van der Waals surface area contributed by atoms with Crippen LogP contribution in [-0.2, 0) is 4.79 Å². The number of hydrogen-bond acceptors (Lipinski definition) is 4. The molecule has 5 heteroatoms. The quantitative estimate of drug-likeness (QED) is 0.897. The van der Waals surface area contributed by atoms with Crippen LogP contribution in [0.2, 0.25) is 0 Å². The van der Waals surface area contributed by atoms with E-state index < -0.39 is 0 Å². The van der Waals surface area contributed by atoms with Gasteiger partial charge in [-0.05, 0) is 24.8 Å². The van der Waals surface area contributed by atoms with E-state index in [9.17, 15) is 4.79 Å². The van der Waals surface area contributed by atoms with Gasteiger partial charge >= 0.3 is 0 Å². The number of primary amides is 1. The second-order valence-electron chi connectivity index (χ2n) is 6.23. The highest BCUT2D eigenvalue weighted by molar-refractivity contribution is 5.77. The Labute approximate surface area is 131 Å². The van der Waals surface area contributed by atoms with Gasteiger partial charge < -0.3 is 15.4 Å². The number of hydrogen-bond donors (Lipinski definition) is 1. The fraction of sp³-hybridized carbons (Fsp3) is 0.471. The maximum absolute atomic E-state index is 11.6. The molecule has 2 aliphatic heterocycles. The molecule has 1 aromatic carbocycles. The van der Waals surface area contributed by atoms with Gasteiger partial charge in [0.15, 0.2) is 0 Å². The van der Waals surface area contributed by atoms with Crippen molar-refractivity contribution in [3.8, 4) is 5.75 Å². The summed E-state index contributed by atoms with van der Waals surface area (Å²) in [4.78, 5) is 16.1. The van der Waals surface area contributed by atoms with Gasteiger partial charge in [-0.2, -0.15) is 0 Å². The Balaban J connectivity index is 1.70. The topological polar surface area (TPSA) is 58.8 Å². The van der Waals surface area contributed by atoms with E-state index >= 15 is 0 Å². The number of carbonyl (C=O) groups excluding carboxylic acids is 1. The lowest BCUT2D eigenvalue weighted by molar-refractivity contribution is -0.122. The molecule has 1 saturated heterocycles. The van der Waals surface area contributed by atoms with E-state index in [1.807, 2.05) is 25.2 Å². The van der Waals surface area contributed by atoms with E-state index in [2.05, 4.69) is 21.9 Å². The van der Waals surface area contributed by atoms with E-state index in [0.29, 0.717) is 6.61 Å². The largest absolute Gasteiger partial charge is 0.489 e. The van der Waals surface area contributed by atoms with Gasteiger partial charge in [0.05, 0.1) is 5.92 Å². The molecule has 2 heterocycles. The third-order valence-corrected chi connectivity index (χ3v) is 4.33. The second-order valence-corrected chi connectivity index (χ2v) is 6.23. The number of benzene rings is 1. The third kappa shape index (κ3) is 3.48. The van der Waals surface area contributed by atoms with E-state index in [0.717, 1.165) is 44.0 Å². The zero-order valence-corrected chi connectivity index (χ0v) is 13.0. The van der Waals surface area contributed by atoms with Gasteiger partial charge in [-0.1, -0.05) is 18.2 Å². The summed E-state index contributed by atoms with van der Waals surface area (Å²) in [5.41, 5.74) is 7.89. The normalized spacial score (nSPS) is 23.1. The minimum Gasteiger partial charge on any atom is -0.489 e. The van der Waals surface area contributed by atoms with Crippen molar-refractivity contribution in [2.75, 3.05) is 46.4 Å². The summed E-state index contributed by atoms with van der Waals surface area (Å²) < 4.78 is 5.81. The first-order chi connectivity index (χ1) is 10.6. The average molecular weight is 301 g/mol. The first-order valence-electron chi connectivity index (χ1n) is 7.73. The van der Waals surface area contributed by atoms with Crippen LogP contribution in [0.3, 0.4) is 0 Å². The molecule has 0 spiro atoms. The number of nitrogens with two attached hydrogens (primary N) is 1. The van der Waals surface area contributed by atoms with Gasteiger partial charge in [-0.15, -0.1) is 0 Å².